The molecule has 0 bridgehead atoms. The van der Waals surface area contributed by atoms with Gasteiger partial charge in [0.15, 0.2) is 11.5 Å². The van der Waals surface area contributed by atoms with Crippen LogP contribution in [-0.2, 0) is 0 Å². The molecule has 0 spiro atoms. The van der Waals surface area contributed by atoms with Gasteiger partial charge in [-0.15, -0.1) is 0 Å². The van der Waals surface area contributed by atoms with Gasteiger partial charge < -0.3 is 19.7 Å². The van der Waals surface area contributed by atoms with Crippen LogP contribution in [-0.4, -0.2) is 30.6 Å². The van der Waals surface area contributed by atoms with Crippen LogP contribution in [0.3, 0.4) is 0 Å². The zero-order valence-corrected chi connectivity index (χ0v) is 16.5. The fourth-order valence-electron chi connectivity index (χ4n) is 3.35. The van der Waals surface area contributed by atoms with Crippen molar-refractivity contribution in [2.75, 3.05) is 19.0 Å². The number of methoxy groups -OCH3 is 1. The van der Waals surface area contributed by atoms with Gasteiger partial charge in [-0.25, -0.2) is 0 Å². The summed E-state index contributed by atoms with van der Waals surface area (Å²) in [7, 11) is 1.64. The van der Waals surface area contributed by atoms with E-state index in [1.165, 1.54) is 0 Å². The second-order valence-electron chi connectivity index (χ2n) is 6.82. The highest BCUT2D eigenvalue weighted by Gasteiger charge is 2.35. The third kappa shape index (κ3) is 3.72. The quantitative estimate of drug-likeness (QED) is 0.759. The van der Waals surface area contributed by atoms with Crippen molar-refractivity contribution in [3.8, 4) is 11.5 Å². The number of anilines is 1. The maximum Gasteiger partial charge on any atom is 0.258 e. The molecule has 0 fully saturated rings. The van der Waals surface area contributed by atoms with Crippen LogP contribution in [0.4, 0.5) is 5.69 Å². The molecule has 27 heavy (non-hydrogen) atoms. The molecular weight excluding hydrogens is 340 g/mol. The summed E-state index contributed by atoms with van der Waals surface area (Å²) in [6.45, 7) is 6.89. The second kappa shape index (κ2) is 8.33. The third-order valence-electron chi connectivity index (χ3n) is 4.99. The Morgan fingerprint density at radius 3 is 2.63 bits per heavy atom. The van der Waals surface area contributed by atoms with Crippen LogP contribution in [0.15, 0.2) is 42.5 Å². The minimum Gasteiger partial charge on any atom is -0.493 e. The average Bonchev–Trinajstić information content (AvgIpc) is 2.71. The molecule has 3 rings (SSSR count). The molecule has 1 amide bonds. The first-order valence-corrected chi connectivity index (χ1v) is 9.59. The lowest BCUT2D eigenvalue weighted by Gasteiger charge is -2.41. The lowest BCUT2D eigenvalue weighted by atomic mass is 10.0. The molecule has 0 saturated heterocycles. The van der Waals surface area contributed by atoms with Crippen LogP contribution in [0.2, 0.25) is 0 Å². The van der Waals surface area contributed by atoms with E-state index in [4.69, 9.17) is 9.47 Å². The Labute approximate surface area is 161 Å². The van der Waals surface area contributed by atoms with Gasteiger partial charge in [-0.05, 0) is 49.6 Å². The summed E-state index contributed by atoms with van der Waals surface area (Å²) in [5, 5.41) is 3.53. The van der Waals surface area contributed by atoms with E-state index in [2.05, 4.69) is 26.1 Å². The Morgan fingerprint density at radius 2 is 1.93 bits per heavy atom. The van der Waals surface area contributed by atoms with Crippen LogP contribution in [0.5, 0.6) is 11.5 Å². The highest BCUT2D eigenvalue weighted by Crippen LogP contribution is 2.38. The normalized spacial score (nSPS) is 17.1. The van der Waals surface area contributed by atoms with Crippen molar-refractivity contribution in [3.63, 3.8) is 0 Å². The molecule has 1 heterocycles. The predicted octanol–water partition coefficient (Wildman–Crippen LogP) is 4.85. The number of nitrogens with zero attached hydrogens (tertiary/aromatic N) is 1. The van der Waals surface area contributed by atoms with Gasteiger partial charge in [-0.3, -0.25) is 4.79 Å². The van der Waals surface area contributed by atoms with Crippen molar-refractivity contribution in [1.29, 1.82) is 0 Å². The molecule has 2 atom stereocenters. The maximum absolute atomic E-state index is 13.2. The topological polar surface area (TPSA) is 50.8 Å². The monoisotopic (exact) mass is 368 g/mol. The molecule has 144 valence electrons. The number of carbonyl (C=O) groups is 1. The molecule has 1 N–H and O–H groups in total. The molecule has 0 saturated carbocycles. The first-order valence-electron chi connectivity index (χ1n) is 9.59. The Hall–Kier alpha value is -2.69. The van der Waals surface area contributed by atoms with E-state index in [1.54, 1.807) is 7.11 Å². The lowest BCUT2D eigenvalue weighted by molar-refractivity contribution is 0.0593. The Balaban J connectivity index is 2.01. The summed E-state index contributed by atoms with van der Waals surface area (Å²) in [4.78, 5) is 15.1. The number of ether oxygens (including phenoxy) is 2. The Morgan fingerprint density at radius 1 is 1.15 bits per heavy atom. The summed E-state index contributed by atoms with van der Waals surface area (Å²) in [6.07, 6.45) is 1.56. The summed E-state index contributed by atoms with van der Waals surface area (Å²) in [5.74, 6) is 1.45. The molecule has 0 unspecified atom stereocenters. The standard InChI is InChI=1S/C22H28N2O3/c1-5-13-27-19-12-11-16(14-20(19)26-4)21-23-18-10-8-7-9-17(18)22(25)24(21)15(3)6-2/h7-12,14-15,21,23H,5-6,13H2,1-4H3/t15-,21+/m0/s1. The number of para-hydroxylation sites is 1. The van der Waals surface area contributed by atoms with Crippen LogP contribution in [0.1, 0.15) is 55.7 Å². The number of nitrogens with one attached hydrogen (secondary N) is 1. The molecule has 5 heteroatoms. The summed E-state index contributed by atoms with van der Waals surface area (Å²) in [6, 6.07) is 13.6. The second-order valence-corrected chi connectivity index (χ2v) is 6.82. The number of hydrogen-bond acceptors (Lipinski definition) is 4. The van der Waals surface area contributed by atoms with E-state index in [9.17, 15) is 4.79 Å². The molecule has 2 aromatic rings. The van der Waals surface area contributed by atoms with E-state index >= 15 is 0 Å². The van der Waals surface area contributed by atoms with Gasteiger partial charge in [-0.2, -0.15) is 0 Å². The SMILES string of the molecule is CCCOc1ccc([C@@H]2Nc3ccccc3C(=O)N2[C@@H](C)CC)cc1OC. The van der Waals surface area contributed by atoms with E-state index in [1.807, 2.05) is 47.4 Å². The maximum atomic E-state index is 13.2. The molecule has 0 aromatic heterocycles. The third-order valence-corrected chi connectivity index (χ3v) is 4.99. The van der Waals surface area contributed by atoms with Gasteiger partial charge in [0.05, 0.1) is 19.3 Å². The van der Waals surface area contributed by atoms with E-state index in [-0.39, 0.29) is 18.1 Å². The smallest absolute Gasteiger partial charge is 0.258 e. The first-order chi connectivity index (χ1) is 13.1. The molecule has 2 aromatic carbocycles. The van der Waals surface area contributed by atoms with Gasteiger partial charge in [0, 0.05) is 11.7 Å². The number of benzene rings is 2. The van der Waals surface area contributed by atoms with E-state index in [0.717, 1.165) is 29.8 Å². The van der Waals surface area contributed by atoms with Crippen molar-refractivity contribution >= 4 is 11.6 Å². The highest BCUT2D eigenvalue weighted by atomic mass is 16.5. The molecule has 1 aliphatic rings. The van der Waals surface area contributed by atoms with Crippen LogP contribution in [0, 0.1) is 0 Å². The van der Waals surface area contributed by atoms with Crippen LogP contribution in [0.25, 0.3) is 0 Å². The first kappa shape index (κ1) is 19.1. The van der Waals surface area contributed by atoms with Crippen LogP contribution >= 0.6 is 0 Å². The summed E-state index contributed by atoms with van der Waals surface area (Å²) in [5.41, 5.74) is 2.54. The van der Waals surface area contributed by atoms with Crippen molar-refractivity contribution in [1.82, 2.24) is 4.90 Å². The fourth-order valence-corrected chi connectivity index (χ4v) is 3.35. The number of carbonyl (C=O) groups excluding carboxylic acids is 1. The average molecular weight is 368 g/mol. The molecule has 0 radical (unpaired) electrons. The number of amides is 1. The Kier molecular flexibility index (Phi) is 5.89. The van der Waals surface area contributed by atoms with Crippen molar-refractivity contribution in [3.05, 3.63) is 53.6 Å². The Bertz CT molecular complexity index is 806. The van der Waals surface area contributed by atoms with E-state index < -0.39 is 0 Å². The molecular formula is C22H28N2O3. The molecule has 5 nitrogen and oxygen atoms in total. The van der Waals surface area contributed by atoms with Crippen molar-refractivity contribution < 1.29 is 14.3 Å². The minimum absolute atomic E-state index is 0.0500. The largest absolute Gasteiger partial charge is 0.493 e. The summed E-state index contributed by atoms with van der Waals surface area (Å²) >= 11 is 0. The number of rotatable bonds is 7. The predicted molar refractivity (Wildman–Crippen MR) is 108 cm³/mol. The van der Waals surface area contributed by atoms with Gasteiger partial charge >= 0.3 is 0 Å². The van der Waals surface area contributed by atoms with Gasteiger partial charge in [-0.1, -0.05) is 32.0 Å². The molecule has 1 aliphatic heterocycles. The van der Waals surface area contributed by atoms with Gasteiger partial charge in [0.2, 0.25) is 0 Å². The lowest BCUT2D eigenvalue weighted by Crippen LogP contribution is -2.47. The van der Waals surface area contributed by atoms with E-state index in [0.29, 0.717) is 17.9 Å². The fraction of sp³-hybridized carbons (Fsp3) is 0.409. The van der Waals surface area contributed by atoms with Gasteiger partial charge in [0.1, 0.15) is 6.17 Å². The summed E-state index contributed by atoms with van der Waals surface area (Å²) < 4.78 is 11.3. The molecule has 0 aliphatic carbocycles. The van der Waals surface area contributed by atoms with Crippen LogP contribution < -0.4 is 14.8 Å². The minimum atomic E-state index is -0.253. The number of fused-ring (bicyclic) bond motifs is 1. The zero-order valence-electron chi connectivity index (χ0n) is 16.5. The van der Waals surface area contributed by atoms with Crippen molar-refractivity contribution in [2.24, 2.45) is 0 Å². The van der Waals surface area contributed by atoms with Gasteiger partial charge in [0.25, 0.3) is 5.91 Å². The highest BCUT2D eigenvalue weighted by molar-refractivity contribution is 6.01. The number of hydrogen-bond donors (Lipinski definition) is 1. The van der Waals surface area contributed by atoms with Crippen molar-refractivity contribution in [2.45, 2.75) is 45.8 Å². The zero-order chi connectivity index (χ0) is 19.4.